The zero-order valence-electron chi connectivity index (χ0n) is 16.4. The summed E-state index contributed by atoms with van der Waals surface area (Å²) < 4.78 is 2.41. The van der Waals surface area contributed by atoms with Crippen LogP contribution in [0.5, 0.6) is 0 Å². The number of fused-ring (bicyclic) bond motifs is 3. The lowest BCUT2D eigenvalue weighted by molar-refractivity contribution is 0.553. The van der Waals surface area contributed by atoms with E-state index in [0.717, 1.165) is 17.7 Å². The molecule has 0 bridgehead atoms. The molecule has 0 amide bonds. The maximum absolute atomic E-state index is 5.63. The van der Waals surface area contributed by atoms with Gasteiger partial charge in [0.15, 0.2) is 0 Å². The number of hydrogen-bond donors (Lipinski definition) is 0. The highest BCUT2D eigenvalue weighted by molar-refractivity contribution is 6.08. The molecule has 0 saturated carbocycles. The van der Waals surface area contributed by atoms with E-state index in [0.29, 0.717) is 0 Å². The number of benzene rings is 2. The topological polar surface area (TPSA) is 4.93 Å². The highest BCUT2D eigenvalue weighted by Crippen LogP contribution is 2.31. The molecule has 0 fully saturated rings. The Balaban J connectivity index is 1.79. The van der Waals surface area contributed by atoms with Crippen molar-refractivity contribution >= 4 is 21.8 Å². The smallest absolute Gasteiger partial charge is 0.0503 e. The van der Waals surface area contributed by atoms with Gasteiger partial charge in [-0.05, 0) is 30.7 Å². The Hall–Kier alpha value is -2.64. The summed E-state index contributed by atoms with van der Waals surface area (Å²) in [6, 6.07) is 12.6. The maximum Gasteiger partial charge on any atom is 0.0503 e. The monoisotopic (exact) mass is 355 g/mol. The van der Waals surface area contributed by atoms with Crippen molar-refractivity contribution in [2.45, 2.75) is 64.8 Å². The molecule has 1 heterocycles. The fourth-order valence-corrected chi connectivity index (χ4v) is 3.92. The Labute approximate surface area is 163 Å². The summed E-state index contributed by atoms with van der Waals surface area (Å²) in [6.07, 6.45) is 21.9. The van der Waals surface area contributed by atoms with Crippen molar-refractivity contribution < 1.29 is 0 Å². The van der Waals surface area contributed by atoms with Crippen molar-refractivity contribution in [3.63, 3.8) is 0 Å². The molecule has 3 aromatic rings. The van der Waals surface area contributed by atoms with E-state index in [9.17, 15) is 0 Å². The molecule has 1 aromatic heterocycles. The Morgan fingerprint density at radius 2 is 1.19 bits per heavy atom. The van der Waals surface area contributed by atoms with Gasteiger partial charge >= 0.3 is 0 Å². The predicted molar refractivity (Wildman–Crippen MR) is 118 cm³/mol. The van der Waals surface area contributed by atoms with E-state index in [1.54, 1.807) is 0 Å². The second-order valence-corrected chi connectivity index (χ2v) is 7.38. The molecule has 0 aliphatic heterocycles. The number of nitrogens with zero attached hydrogens (tertiary/aromatic N) is 1. The molecule has 0 radical (unpaired) electrons. The van der Waals surface area contributed by atoms with Crippen LogP contribution in [0.25, 0.3) is 21.8 Å². The summed E-state index contributed by atoms with van der Waals surface area (Å²) in [4.78, 5) is 0. The minimum absolute atomic E-state index is 0.930. The van der Waals surface area contributed by atoms with Crippen molar-refractivity contribution in [1.29, 1.82) is 0 Å². The summed E-state index contributed by atoms with van der Waals surface area (Å²) in [5.74, 6) is 5.54. The van der Waals surface area contributed by atoms with Crippen LogP contribution in [-0.2, 0) is 6.54 Å². The molecule has 0 N–H and O–H groups in total. The van der Waals surface area contributed by atoms with Gasteiger partial charge in [0.25, 0.3) is 0 Å². The summed E-state index contributed by atoms with van der Waals surface area (Å²) in [5.41, 5.74) is 4.30. The molecule has 0 atom stereocenters. The second-order valence-electron chi connectivity index (χ2n) is 7.38. The lowest BCUT2D eigenvalue weighted by atomic mass is 10.1. The molecule has 0 saturated heterocycles. The van der Waals surface area contributed by atoms with Crippen molar-refractivity contribution in [3.05, 3.63) is 47.5 Å². The summed E-state index contributed by atoms with van der Waals surface area (Å²) >= 11 is 0. The molecule has 0 unspecified atom stereocenters. The summed E-state index contributed by atoms with van der Waals surface area (Å²) in [6.45, 7) is 3.28. The van der Waals surface area contributed by atoms with Crippen LogP contribution in [0.3, 0.4) is 0 Å². The van der Waals surface area contributed by atoms with E-state index in [1.165, 1.54) is 73.2 Å². The van der Waals surface area contributed by atoms with E-state index in [2.05, 4.69) is 47.6 Å². The first-order valence-corrected chi connectivity index (χ1v) is 10.3. The molecule has 1 nitrogen and oxygen atoms in total. The SMILES string of the molecule is C#Cc1ccc2c3ccc(C#C)cc3n(CCCCCCCCCC)c2c1. The molecule has 27 heavy (non-hydrogen) atoms. The first-order valence-electron chi connectivity index (χ1n) is 10.3. The van der Waals surface area contributed by atoms with Crippen molar-refractivity contribution in [2.24, 2.45) is 0 Å². The number of hydrogen-bond acceptors (Lipinski definition) is 0. The normalized spacial score (nSPS) is 10.9. The van der Waals surface area contributed by atoms with E-state index >= 15 is 0 Å². The van der Waals surface area contributed by atoms with Gasteiger partial charge in [0, 0.05) is 28.4 Å². The van der Waals surface area contributed by atoms with Gasteiger partial charge in [-0.2, -0.15) is 0 Å². The molecule has 3 rings (SSSR count). The van der Waals surface area contributed by atoms with Crippen LogP contribution >= 0.6 is 0 Å². The van der Waals surface area contributed by atoms with Gasteiger partial charge in [-0.1, -0.05) is 75.8 Å². The van der Waals surface area contributed by atoms with Gasteiger partial charge in [-0.25, -0.2) is 0 Å². The number of aryl methyl sites for hydroxylation is 1. The van der Waals surface area contributed by atoms with Gasteiger partial charge in [-0.3, -0.25) is 0 Å². The van der Waals surface area contributed by atoms with Crippen LogP contribution < -0.4 is 0 Å². The van der Waals surface area contributed by atoms with Gasteiger partial charge in [0.2, 0.25) is 0 Å². The fraction of sp³-hybridized carbons (Fsp3) is 0.385. The quantitative estimate of drug-likeness (QED) is 0.291. The molecule has 0 spiro atoms. The highest BCUT2D eigenvalue weighted by atomic mass is 15.0. The lowest BCUT2D eigenvalue weighted by Gasteiger charge is -2.08. The third kappa shape index (κ3) is 4.37. The average molecular weight is 356 g/mol. The van der Waals surface area contributed by atoms with E-state index in [1.807, 2.05) is 12.1 Å². The van der Waals surface area contributed by atoms with Gasteiger partial charge in [0.05, 0.1) is 11.0 Å². The number of unbranched alkanes of at least 4 members (excludes halogenated alkanes) is 7. The van der Waals surface area contributed by atoms with Crippen molar-refractivity contribution in [2.75, 3.05) is 0 Å². The summed E-state index contributed by atoms with van der Waals surface area (Å²) in [5, 5.41) is 2.51. The van der Waals surface area contributed by atoms with Crippen LogP contribution in [0.2, 0.25) is 0 Å². The average Bonchev–Trinajstić information content (AvgIpc) is 3.02. The Kier molecular flexibility index (Phi) is 6.62. The third-order valence-electron chi connectivity index (χ3n) is 5.44. The van der Waals surface area contributed by atoms with Crippen LogP contribution in [0, 0.1) is 24.7 Å². The summed E-state index contributed by atoms with van der Waals surface area (Å²) in [7, 11) is 0. The molecular weight excluding hydrogens is 326 g/mol. The van der Waals surface area contributed by atoms with Crippen LogP contribution in [0.1, 0.15) is 69.4 Å². The molecular formula is C26H29N. The zero-order valence-corrected chi connectivity index (χ0v) is 16.4. The molecule has 0 aliphatic carbocycles. The van der Waals surface area contributed by atoms with E-state index < -0.39 is 0 Å². The number of rotatable bonds is 9. The van der Waals surface area contributed by atoms with E-state index in [4.69, 9.17) is 12.8 Å². The zero-order chi connectivity index (χ0) is 19.1. The number of aromatic nitrogens is 1. The van der Waals surface area contributed by atoms with Gasteiger partial charge < -0.3 is 4.57 Å². The first kappa shape index (κ1) is 19.1. The van der Waals surface area contributed by atoms with Gasteiger partial charge in [0.1, 0.15) is 0 Å². The highest BCUT2D eigenvalue weighted by Gasteiger charge is 2.11. The maximum atomic E-state index is 5.63. The number of terminal acetylenes is 2. The first-order chi connectivity index (χ1) is 13.3. The van der Waals surface area contributed by atoms with Crippen LogP contribution in [0.4, 0.5) is 0 Å². The van der Waals surface area contributed by atoms with Gasteiger partial charge in [-0.15, -0.1) is 12.8 Å². The van der Waals surface area contributed by atoms with Crippen molar-refractivity contribution in [1.82, 2.24) is 4.57 Å². The molecule has 138 valence electrons. The van der Waals surface area contributed by atoms with Crippen molar-refractivity contribution in [3.8, 4) is 24.7 Å². The fourth-order valence-electron chi connectivity index (χ4n) is 3.92. The second kappa shape index (κ2) is 9.34. The van der Waals surface area contributed by atoms with E-state index in [-0.39, 0.29) is 0 Å². The molecule has 0 aliphatic rings. The minimum Gasteiger partial charge on any atom is -0.340 e. The standard InChI is InChI=1S/C26H29N/c1-4-7-8-9-10-11-12-13-18-27-25-19-21(5-2)14-16-23(25)24-17-15-22(6-3)20-26(24)27/h2-3,14-17,19-20H,4,7-13,18H2,1H3. The van der Waals surface area contributed by atoms with Crippen LogP contribution in [0.15, 0.2) is 36.4 Å². The van der Waals surface area contributed by atoms with Crippen LogP contribution in [-0.4, -0.2) is 4.57 Å². The Morgan fingerprint density at radius 1 is 0.704 bits per heavy atom. The Morgan fingerprint density at radius 3 is 1.67 bits per heavy atom. The minimum atomic E-state index is 0.930. The molecule has 2 aromatic carbocycles. The predicted octanol–water partition coefficient (Wildman–Crippen LogP) is 6.90. The lowest BCUT2D eigenvalue weighted by Crippen LogP contribution is -1.98. The Bertz CT molecular complexity index is 920. The molecule has 1 heteroatoms. The third-order valence-corrected chi connectivity index (χ3v) is 5.44. The largest absolute Gasteiger partial charge is 0.340 e.